The second kappa shape index (κ2) is 28.2. The van der Waals surface area contributed by atoms with Gasteiger partial charge in [-0.2, -0.15) is 15.8 Å². The van der Waals surface area contributed by atoms with Gasteiger partial charge in [0.2, 0.25) is 0 Å². The van der Waals surface area contributed by atoms with E-state index in [0.717, 1.165) is 144 Å². The van der Waals surface area contributed by atoms with Crippen LogP contribution in [-0.2, 0) is 23.7 Å². The fourth-order valence-electron chi connectivity index (χ4n) is 18.4. The Kier molecular flexibility index (Phi) is 17.0. The summed E-state index contributed by atoms with van der Waals surface area (Å²) >= 11 is 3.12. The minimum atomic E-state index is -0.613. The van der Waals surface area contributed by atoms with Crippen LogP contribution in [0.4, 0.5) is 0 Å². The van der Waals surface area contributed by atoms with Gasteiger partial charge in [0.1, 0.15) is 33.5 Å². The molecule has 7 nitrogen and oxygen atoms in total. The van der Waals surface area contributed by atoms with Gasteiger partial charge in [-0.05, 0) is 202 Å². The molecule has 0 N–H and O–H groups in total. The van der Waals surface area contributed by atoms with Crippen molar-refractivity contribution >= 4 is 64.9 Å². The Hall–Kier alpha value is -14.4. The van der Waals surface area contributed by atoms with Crippen molar-refractivity contribution in [3.05, 3.63) is 429 Å². The number of aromatic nitrogens is 4. The van der Waals surface area contributed by atoms with Crippen LogP contribution in [0.25, 0.3) is 132 Å². The van der Waals surface area contributed by atoms with Gasteiger partial charge in [0.15, 0.2) is 0 Å². The highest BCUT2D eigenvalue weighted by Crippen LogP contribution is 2.62. The minimum absolute atomic E-state index is 0.595. The number of imidazole rings is 2. The van der Waals surface area contributed by atoms with Gasteiger partial charge < -0.3 is 0 Å². The van der Waals surface area contributed by atoms with Crippen LogP contribution in [0.1, 0.15) is 85.3 Å². The Morgan fingerprint density at radius 2 is 0.649 bits per heavy atom. The van der Waals surface area contributed by atoms with E-state index in [-0.39, 0.29) is 0 Å². The van der Waals surface area contributed by atoms with E-state index < -0.39 is 10.8 Å². The van der Waals surface area contributed by atoms with Crippen LogP contribution >= 0.6 is 22.7 Å². The number of aryl methyl sites for hydroxylation is 2. The number of thiophene rings is 2. The lowest BCUT2D eigenvalue weighted by Gasteiger charge is -2.34. The van der Waals surface area contributed by atoms with E-state index in [1.165, 1.54) is 72.5 Å². The SMILES string of the molecule is CCc1nc2ccccc2n1-c1ccc(-c2ccc(C3(c4ccccc4)c4ccccc4-c4c3ccc3sc(C#N)c(-c5ccc(C#N)cc5)c43)cc2)cc1.CCc1nc2ccccc2n1-c1ccc(C2(c3ccccc3)c3ccccc3-c3c2ccc2sc(C#N)c(-c4cc(-c5ccccc5)cc(-c5ccccc5)c4)c32)cc1. The average molecular weight is 1490 g/mol. The van der Waals surface area contributed by atoms with E-state index >= 15 is 0 Å². The van der Waals surface area contributed by atoms with E-state index in [0.29, 0.717) is 10.4 Å². The second-order valence-corrected chi connectivity index (χ2v) is 31.3. The van der Waals surface area contributed by atoms with Crippen LogP contribution in [0.2, 0.25) is 0 Å². The fourth-order valence-corrected chi connectivity index (χ4v) is 20.5. The third-order valence-electron chi connectivity index (χ3n) is 23.3. The third-order valence-corrected chi connectivity index (χ3v) is 25.4. The summed E-state index contributed by atoms with van der Waals surface area (Å²) in [4.78, 5) is 11.3. The van der Waals surface area contributed by atoms with E-state index in [2.05, 4.69) is 369 Å². The maximum atomic E-state index is 10.9. The van der Waals surface area contributed by atoms with Gasteiger partial charge in [0.05, 0.1) is 44.5 Å². The van der Waals surface area contributed by atoms with Gasteiger partial charge in [-0.3, -0.25) is 9.13 Å². The number of benzene rings is 15. The number of fused-ring (bicyclic) bond motifs is 12. The van der Waals surface area contributed by atoms with E-state index in [1.807, 2.05) is 30.3 Å². The molecule has 0 aliphatic heterocycles. The zero-order chi connectivity index (χ0) is 76.6. The minimum Gasteiger partial charge on any atom is -0.296 e. The lowest BCUT2D eigenvalue weighted by Crippen LogP contribution is -2.28. The Morgan fingerprint density at radius 1 is 0.298 bits per heavy atom. The summed E-state index contributed by atoms with van der Waals surface area (Å²) in [7, 11) is 0. The number of rotatable bonds is 13. The van der Waals surface area contributed by atoms with Crippen molar-refractivity contribution in [1.82, 2.24) is 19.1 Å². The van der Waals surface area contributed by atoms with Crippen LogP contribution in [-0.4, -0.2) is 19.1 Å². The molecule has 0 bridgehead atoms. The molecule has 4 heterocycles. The van der Waals surface area contributed by atoms with Gasteiger partial charge in [-0.15, -0.1) is 22.7 Å². The third kappa shape index (κ3) is 10.9. The summed E-state index contributed by atoms with van der Waals surface area (Å²) in [6.07, 6.45) is 1.68. The van der Waals surface area contributed by atoms with Crippen LogP contribution in [0, 0.1) is 34.0 Å². The van der Waals surface area contributed by atoms with Crippen molar-refractivity contribution in [3.63, 3.8) is 0 Å². The van der Waals surface area contributed by atoms with Crippen LogP contribution in [0.5, 0.6) is 0 Å². The first-order chi connectivity index (χ1) is 56.3. The number of hydrogen-bond donors (Lipinski definition) is 0. The summed E-state index contributed by atoms with van der Waals surface area (Å²) in [5, 5.41) is 33.1. The van der Waals surface area contributed by atoms with Gasteiger partial charge >= 0.3 is 0 Å². The molecule has 4 aromatic heterocycles. The maximum absolute atomic E-state index is 10.9. The lowest BCUT2D eigenvalue weighted by atomic mass is 9.67. The molecular weight excluding hydrogens is 1420 g/mol. The van der Waals surface area contributed by atoms with Crippen molar-refractivity contribution in [2.24, 2.45) is 0 Å². The standard InChI is InChI=1S/C55H37N3S.C50H32N4S/c1-2-51-57-47-24-14-15-25-48(47)58(51)43-28-26-42(27-29-43)55(41-20-10-5-11-21-41)45-23-13-12-22-44(45)53-46(55)30-31-49-54(53)52(50(35-56)59-49)40-33-38(36-16-6-3-7-17-36)32-39(34-40)37-18-8-4-9-19-37;1-2-46-53-42-14-8-9-15-43(42)54(46)38-26-22-34(23-27-38)33-20-24-37(25-21-33)50(36-10-4-3-5-11-36)40-13-7-6-12-39(40)48-41(50)28-29-44-49(48)47(45(31-52)55-44)35-18-16-32(30-51)17-19-35/h3-34H,2H2,1H3;3-29H,2H2,1H3. The Labute approximate surface area is 669 Å². The number of para-hydroxylation sites is 4. The molecule has 9 heteroatoms. The first-order valence-corrected chi connectivity index (χ1v) is 40.3. The molecule has 2 unspecified atom stereocenters. The predicted octanol–water partition coefficient (Wildman–Crippen LogP) is 26.3. The smallest absolute Gasteiger partial charge is 0.114 e. The molecule has 2 atom stereocenters. The molecule has 0 spiro atoms. The van der Waals surface area contributed by atoms with Crippen molar-refractivity contribution in [3.8, 4) is 107 Å². The fraction of sp³-hybridized carbons (Fsp3) is 0.0571. The lowest BCUT2D eigenvalue weighted by molar-refractivity contribution is 0.768. The summed E-state index contributed by atoms with van der Waals surface area (Å²) in [5.74, 6) is 2.09. The Morgan fingerprint density at radius 3 is 1.09 bits per heavy atom. The van der Waals surface area contributed by atoms with Crippen molar-refractivity contribution < 1.29 is 0 Å². The van der Waals surface area contributed by atoms with E-state index in [1.54, 1.807) is 11.3 Å². The van der Waals surface area contributed by atoms with Gasteiger partial charge in [-0.1, -0.05) is 281 Å². The topological polar surface area (TPSA) is 107 Å². The maximum Gasteiger partial charge on any atom is 0.114 e. The molecule has 15 aromatic carbocycles. The van der Waals surface area contributed by atoms with E-state index in [9.17, 15) is 15.8 Å². The molecule has 19 aromatic rings. The molecule has 0 fully saturated rings. The molecular formula is C105H69N7S2. The van der Waals surface area contributed by atoms with Gasteiger partial charge in [0.25, 0.3) is 0 Å². The molecule has 0 saturated heterocycles. The first-order valence-electron chi connectivity index (χ1n) is 38.6. The number of hydrogen-bond acceptors (Lipinski definition) is 7. The average Bonchev–Trinajstić information content (AvgIpc) is 1.53. The zero-order valence-electron chi connectivity index (χ0n) is 62.4. The highest BCUT2D eigenvalue weighted by atomic mass is 32.1. The molecule has 114 heavy (non-hydrogen) atoms. The highest BCUT2D eigenvalue weighted by molar-refractivity contribution is 7.20. The highest BCUT2D eigenvalue weighted by Gasteiger charge is 2.49. The largest absolute Gasteiger partial charge is 0.296 e. The zero-order valence-corrected chi connectivity index (χ0v) is 64.1. The van der Waals surface area contributed by atoms with Crippen LogP contribution in [0.15, 0.2) is 358 Å². The second-order valence-electron chi connectivity index (χ2n) is 29.2. The number of nitrogens with zero attached hydrogens (tertiary/aromatic N) is 7. The van der Waals surface area contributed by atoms with Gasteiger partial charge in [-0.25, -0.2) is 9.97 Å². The van der Waals surface area contributed by atoms with Crippen LogP contribution < -0.4 is 0 Å². The Balaban J connectivity index is 0.000000148. The normalized spacial score (nSPS) is 14.3. The van der Waals surface area contributed by atoms with Crippen molar-refractivity contribution in [2.75, 3.05) is 0 Å². The summed E-state index contributed by atoms with van der Waals surface area (Å²) in [6.45, 7) is 4.32. The predicted molar refractivity (Wildman–Crippen MR) is 468 cm³/mol. The molecule has 2 aliphatic carbocycles. The van der Waals surface area contributed by atoms with Crippen molar-refractivity contribution in [2.45, 2.75) is 37.5 Å². The summed E-state index contributed by atoms with van der Waals surface area (Å²) in [6, 6.07) is 135. The molecule has 0 amide bonds. The van der Waals surface area contributed by atoms with E-state index in [4.69, 9.17) is 9.97 Å². The van der Waals surface area contributed by atoms with Gasteiger partial charge in [0, 0.05) is 55.5 Å². The molecule has 536 valence electrons. The van der Waals surface area contributed by atoms with Crippen LogP contribution in [0.3, 0.4) is 0 Å². The number of nitriles is 3. The van der Waals surface area contributed by atoms with Crippen molar-refractivity contribution in [1.29, 1.82) is 15.8 Å². The summed E-state index contributed by atoms with van der Waals surface area (Å²) in [5.41, 5.74) is 30.9. The molecule has 0 saturated carbocycles. The summed E-state index contributed by atoms with van der Waals surface area (Å²) < 4.78 is 6.73. The molecule has 21 rings (SSSR count). The quantitative estimate of drug-likeness (QED) is 0.114. The first kappa shape index (κ1) is 68.9. The molecule has 0 radical (unpaired) electrons. The Bertz CT molecular complexity index is 7060. The monoisotopic (exact) mass is 1490 g/mol. The molecule has 2 aliphatic rings.